The predicted octanol–water partition coefficient (Wildman–Crippen LogP) is 3.56. The number of rotatable bonds is 6. The first-order valence-corrected chi connectivity index (χ1v) is 14.4. The van der Waals surface area contributed by atoms with Gasteiger partial charge in [-0.25, -0.2) is 4.79 Å². The minimum atomic E-state index is -1.09. The molecule has 2 aliphatic carbocycles. The van der Waals surface area contributed by atoms with Gasteiger partial charge in [-0.2, -0.15) is 9.97 Å². The van der Waals surface area contributed by atoms with E-state index in [2.05, 4.69) is 21.4 Å². The molecule has 0 unspecified atom stereocenters. The van der Waals surface area contributed by atoms with Gasteiger partial charge in [-0.05, 0) is 45.4 Å². The van der Waals surface area contributed by atoms with Crippen molar-refractivity contribution >= 4 is 17.8 Å². The molecule has 1 aliphatic heterocycles. The van der Waals surface area contributed by atoms with Crippen LogP contribution in [0.1, 0.15) is 45.4 Å². The lowest BCUT2D eigenvalue weighted by Gasteiger charge is -2.26. The van der Waals surface area contributed by atoms with E-state index in [0.29, 0.717) is 43.4 Å². The van der Waals surface area contributed by atoms with Gasteiger partial charge in [0.1, 0.15) is 11.6 Å². The van der Waals surface area contributed by atoms with E-state index in [1.54, 1.807) is 24.9 Å². The number of esters is 1. The van der Waals surface area contributed by atoms with Gasteiger partial charge < -0.3 is 24.4 Å². The summed E-state index contributed by atoms with van der Waals surface area (Å²) in [5.41, 5.74) is -0.277. The first-order valence-electron chi connectivity index (χ1n) is 14.4. The number of nitrogens with one attached hydrogen (secondary N) is 1. The standard InChI is InChI=1S/C31H38N4O6/c1-4-40-30(38)31-19-21(31)14-10-5-6-11-15-35(2)29(37)24-17-22(16-23(24)28(36)34-31)41-26-18-25(39-3)32-27(33-26)20-12-8-7-9-13-20/h7-10,12-14,18,21-24H,4-6,11,15-17,19H2,1-3H3,(H,34,36)/t21-,22-,23-,24-,31-/m1/s1. The lowest BCUT2D eigenvalue weighted by molar-refractivity contribution is -0.150. The molecule has 5 atom stereocenters. The van der Waals surface area contributed by atoms with Crippen molar-refractivity contribution in [2.75, 3.05) is 27.3 Å². The van der Waals surface area contributed by atoms with Gasteiger partial charge in [0.25, 0.3) is 0 Å². The Bertz CT molecular complexity index is 1300. The van der Waals surface area contributed by atoms with E-state index in [-0.39, 0.29) is 24.3 Å². The van der Waals surface area contributed by atoms with Gasteiger partial charge in [0, 0.05) is 25.1 Å². The summed E-state index contributed by atoms with van der Waals surface area (Å²) in [6.07, 6.45) is 7.41. The SMILES string of the molecule is CCOC(=O)[C@@]12C[C@H]1C=CCCCCN(C)C(=O)[C@@H]1C[C@H](Oc3cc(OC)nc(-c4ccccc4)n3)C[C@H]1C(=O)N2. The molecule has 218 valence electrons. The molecule has 3 aliphatic rings. The highest BCUT2D eigenvalue weighted by Gasteiger charge is 2.62. The van der Waals surface area contributed by atoms with Crippen molar-refractivity contribution in [3.8, 4) is 23.1 Å². The first kappa shape index (κ1) is 28.6. The summed E-state index contributed by atoms with van der Waals surface area (Å²) in [6, 6.07) is 11.1. The van der Waals surface area contributed by atoms with Crippen LogP contribution in [0.25, 0.3) is 11.4 Å². The van der Waals surface area contributed by atoms with Crippen LogP contribution < -0.4 is 14.8 Å². The second-order valence-electron chi connectivity index (χ2n) is 11.0. The Kier molecular flexibility index (Phi) is 8.56. The number of aromatic nitrogens is 2. The fraction of sp³-hybridized carbons (Fsp3) is 0.516. The van der Waals surface area contributed by atoms with Crippen LogP contribution in [0.4, 0.5) is 0 Å². The number of ether oxygens (including phenoxy) is 3. The van der Waals surface area contributed by atoms with Crippen LogP contribution in [0, 0.1) is 17.8 Å². The number of fused-ring (bicyclic) bond motifs is 2. The third kappa shape index (κ3) is 6.21. The van der Waals surface area contributed by atoms with Crippen LogP contribution in [0.15, 0.2) is 48.6 Å². The molecule has 1 aromatic heterocycles. The molecule has 2 heterocycles. The maximum absolute atomic E-state index is 13.8. The maximum atomic E-state index is 13.8. The molecule has 0 saturated heterocycles. The average molecular weight is 563 g/mol. The first-order chi connectivity index (χ1) is 19.8. The van der Waals surface area contributed by atoms with Gasteiger partial charge in [-0.3, -0.25) is 9.59 Å². The second kappa shape index (κ2) is 12.3. The van der Waals surface area contributed by atoms with E-state index < -0.39 is 29.4 Å². The number of carbonyl (C=O) groups is 3. The van der Waals surface area contributed by atoms with Crippen LogP contribution >= 0.6 is 0 Å². The van der Waals surface area contributed by atoms with Gasteiger partial charge in [-0.15, -0.1) is 0 Å². The molecule has 5 rings (SSSR count). The fourth-order valence-corrected chi connectivity index (χ4v) is 5.89. The number of benzene rings is 1. The molecular formula is C31H38N4O6. The highest BCUT2D eigenvalue weighted by molar-refractivity contribution is 5.95. The Labute approximate surface area is 240 Å². The highest BCUT2D eigenvalue weighted by atomic mass is 16.5. The molecule has 10 nitrogen and oxygen atoms in total. The van der Waals surface area contributed by atoms with Gasteiger partial charge in [0.05, 0.1) is 31.6 Å². The predicted molar refractivity (Wildman–Crippen MR) is 151 cm³/mol. The van der Waals surface area contributed by atoms with Crippen molar-refractivity contribution in [1.82, 2.24) is 20.2 Å². The van der Waals surface area contributed by atoms with Crippen molar-refractivity contribution in [3.05, 3.63) is 48.6 Å². The monoisotopic (exact) mass is 562 g/mol. The zero-order valence-corrected chi connectivity index (χ0v) is 23.9. The molecule has 2 aromatic rings. The van der Waals surface area contributed by atoms with E-state index >= 15 is 0 Å². The van der Waals surface area contributed by atoms with Crippen molar-refractivity contribution < 1.29 is 28.6 Å². The van der Waals surface area contributed by atoms with E-state index in [1.807, 2.05) is 36.4 Å². The van der Waals surface area contributed by atoms with Crippen molar-refractivity contribution in [2.24, 2.45) is 17.8 Å². The van der Waals surface area contributed by atoms with Gasteiger partial charge in [0.15, 0.2) is 5.82 Å². The van der Waals surface area contributed by atoms with Crippen LogP contribution in [0.2, 0.25) is 0 Å². The Hall–Kier alpha value is -3.95. The number of allylic oxidation sites excluding steroid dienone is 1. The second-order valence-corrected chi connectivity index (χ2v) is 11.0. The summed E-state index contributed by atoms with van der Waals surface area (Å²) in [7, 11) is 3.31. The fourth-order valence-electron chi connectivity index (χ4n) is 5.89. The minimum absolute atomic E-state index is 0.0911. The summed E-state index contributed by atoms with van der Waals surface area (Å²) in [4.78, 5) is 51.1. The minimum Gasteiger partial charge on any atom is -0.481 e. The number of hydrogen-bond acceptors (Lipinski definition) is 8. The number of methoxy groups -OCH3 is 1. The number of hydrogen-bond donors (Lipinski definition) is 1. The molecule has 2 amide bonds. The zero-order chi connectivity index (χ0) is 29.0. The molecule has 1 N–H and O–H groups in total. The molecule has 41 heavy (non-hydrogen) atoms. The molecule has 1 aromatic carbocycles. The van der Waals surface area contributed by atoms with E-state index in [0.717, 1.165) is 24.8 Å². The summed E-state index contributed by atoms with van der Waals surface area (Å²) >= 11 is 0. The van der Waals surface area contributed by atoms with Crippen molar-refractivity contribution in [3.63, 3.8) is 0 Å². The smallest absolute Gasteiger partial charge is 0.332 e. The summed E-state index contributed by atoms with van der Waals surface area (Å²) < 4.78 is 17.0. The third-order valence-corrected chi connectivity index (χ3v) is 8.24. The van der Waals surface area contributed by atoms with Crippen LogP contribution in [0.5, 0.6) is 11.8 Å². The van der Waals surface area contributed by atoms with Gasteiger partial charge >= 0.3 is 5.97 Å². The molecule has 2 saturated carbocycles. The lowest BCUT2D eigenvalue weighted by atomic mass is 9.93. The van der Waals surface area contributed by atoms with Gasteiger partial charge in [-0.1, -0.05) is 42.5 Å². The molecule has 0 bridgehead atoms. The molecular weight excluding hydrogens is 524 g/mol. The van der Waals surface area contributed by atoms with E-state index in [4.69, 9.17) is 14.2 Å². The van der Waals surface area contributed by atoms with Gasteiger partial charge in [0.2, 0.25) is 23.6 Å². The quantitative estimate of drug-likeness (QED) is 0.419. The van der Waals surface area contributed by atoms with E-state index in [1.165, 1.54) is 7.11 Å². The van der Waals surface area contributed by atoms with Crippen LogP contribution in [0.3, 0.4) is 0 Å². The summed E-state index contributed by atoms with van der Waals surface area (Å²) in [5, 5.41) is 3.01. The summed E-state index contributed by atoms with van der Waals surface area (Å²) in [6.45, 7) is 2.59. The normalized spacial score (nSPS) is 28.1. The zero-order valence-electron chi connectivity index (χ0n) is 23.9. The Morgan fingerprint density at radius 3 is 2.61 bits per heavy atom. The molecule has 0 spiro atoms. The Morgan fingerprint density at radius 1 is 1.10 bits per heavy atom. The maximum Gasteiger partial charge on any atom is 0.332 e. The highest BCUT2D eigenvalue weighted by Crippen LogP contribution is 2.47. The average Bonchev–Trinajstić information content (AvgIpc) is 3.51. The lowest BCUT2D eigenvalue weighted by Crippen LogP contribution is -2.50. The number of amides is 2. The van der Waals surface area contributed by atoms with Crippen LogP contribution in [-0.4, -0.2) is 71.6 Å². The molecule has 2 fully saturated rings. The largest absolute Gasteiger partial charge is 0.481 e. The molecule has 0 radical (unpaired) electrons. The summed E-state index contributed by atoms with van der Waals surface area (Å²) in [5.74, 6) is -1.10. The molecule has 10 heteroatoms. The van der Waals surface area contributed by atoms with Crippen molar-refractivity contribution in [2.45, 2.75) is 57.1 Å². The third-order valence-electron chi connectivity index (χ3n) is 8.24. The Morgan fingerprint density at radius 2 is 1.85 bits per heavy atom. The number of carbonyl (C=O) groups excluding carboxylic acids is 3. The van der Waals surface area contributed by atoms with Crippen LogP contribution in [-0.2, 0) is 19.1 Å². The Balaban J connectivity index is 1.40. The number of nitrogens with zero attached hydrogens (tertiary/aromatic N) is 3. The topological polar surface area (TPSA) is 120 Å². The van der Waals surface area contributed by atoms with E-state index in [9.17, 15) is 14.4 Å². The van der Waals surface area contributed by atoms with Crippen molar-refractivity contribution in [1.29, 1.82) is 0 Å².